The average Bonchev–Trinajstić information content (AvgIpc) is 3.42. The fraction of sp³-hybridized carbons (Fsp3) is 0.538. The number of aliphatic hydroxyl groups excluding tert-OH is 2. The number of aromatic nitrogens is 2. The van der Waals surface area contributed by atoms with Gasteiger partial charge in [0, 0.05) is 31.7 Å². The van der Waals surface area contributed by atoms with E-state index in [1.807, 2.05) is 13.8 Å². The molecule has 11 heteroatoms. The van der Waals surface area contributed by atoms with Gasteiger partial charge in [0.15, 0.2) is 5.82 Å². The van der Waals surface area contributed by atoms with Gasteiger partial charge in [-0.05, 0) is 44.9 Å². The molecule has 0 radical (unpaired) electrons. The summed E-state index contributed by atoms with van der Waals surface area (Å²) < 4.78 is 5.50. The molecule has 2 aliphatic rings. The molecule has 0 bridgehead atoms. The molecule has 4 N–H and O–H groups in total. The normalized spacial score (nSPS) is 18.3. The number of benzene rings is 1. The number of carbonyl (C=O) groups excluding carboxylic acids is 2. The first-order valence-corrected chi connectivity index (χ1v) is 12.6. The van der Waals surface area contributed by atoms with Gasteiger partial charge in [-0.2, -0.15) is 4.98 Å². The van der Waals surface area contributed by atoms with E-state index in [9.17, 15) is 14.7 Å². The Labute approximate surface area is 216 Å². The van der Waals surface area contributed by atoms with Gasteiger partial charge in [0.05, 0.1) is 37.1 Å². The molecule has 0 unspecified atom stereocenters. The summed E-state index contributed by atoms with van der Waals surface area (Å²) in [4.78, 5) is 38.9. The first-order chi connectivity index (χ1) is 17.6. The van der Waals surface area contributed by atoms with Gasteiger partial charge in [0.1, 0.15) is 11.4 Å². The smallest absolute Gasteiger partial charge is 0.251 e. The lowest BCUT2D eigenvalue weighted by atomic mass is 9.91. The van der Waals surface area contributed by atoms with Crippen LogP contribution in [-0.4, -0.2) is 78.0 Å². The lowest BCUT2D eigenvalue weighted by Crippen LogP contribution is -2.45. The second kappa shape index (κ2) is 10.9. The number of carbonyl (C=O) groups is 2. The Morgan fingerprint density at radius 1 is 1.30 bits per heavy atom. The number of nitrogens with zero attached hydrogens (tertiary/aromatic N) is 4. The minimum atomic E-state index is -1.03. The van der Waals surface area contributed by atoms with Crippen molar-refractivity contribution in [3.8, 4) is 5.75 Å². The molecule has 1 aromatic heterocycles. The summed E-state index contributed by atoms with van der Waals surface area (Å²) in [6.07, 6.45) is 5.09. The molecule has 2 heterocycles. The number of rotatable bonds is 8. The van der Waals surface area contributed by atoms with Crippen LogP contribution < -0.4 is 25.2 Å². The van der Waals surface area contributed by atoms with E-state index in [-0.39, 0.29) is 12.5 Å². The van der Waals surface area contributed by atoms with Gasteiger partial charge in [-0.3, -0.25) is 9.59 Å². The highest BCUT2D eigenvalue weighted by Crippen LogP contribution is 2.40. The molecule has 1 atom stereocenters. The number of nitrogens with one attached hydrogen (secondary N) is 2. The topological polar surface area (TPSA) is 140 Å². The van der Waals surface area contributed by atoms with E-state index in [0.717, 1.165) is 31.5 Å². The summed E-state index contributed by atoms with van der Waals surface area (Å²) in [5.41, 5.74) is 1.01. The molecular formula is C26H36N6O5. The summed E-state index contributed by atoms with van der Waals surface area (Å²) >= 11 is 0. The Kier molecular flexibility index (Phi) is 7.84. The van der Waals surface area contributed by atoms with Gasteiger partial charge >= 0.3 is 0 Å². The Balaban J connectivity index is 1.62. The van der Waals surface area contributed by atoms with Gasteiger partial charge in [-0.25, -0.2) is 4.98 Å². The Morgan fingerprint density at radius 2 is 2.03 bits per heavy atom. The number of anilines is 4. The SMILES string of the molecule is COc1cc(C(=O)NC[C@H](O)CO)ccc1Nc1ncc2c(n1)N(C1CCCC1)CC(C)(C)C(=O)N2C. The minimum Gasteiger partial charge on any atom is -0.495 e. The van der Waals surface area contributed by atoms with Gasteiger partial charge in [-0.15, -0.1) is 0 Å². The Hall–Kier alpha value is -3.44. The van der Waals surface area contributed by atoms with Crippen LogP contribution >= 0.6 is 0 Å². The summed E-state index contributed by atoms with van der Waals surface area (Å²) in [6.45, 7) is 4.01. The molecule has 4 rings (SSSR count). The van der Waals surface area contributed by atoms with Crippen molar-refractivity contribution in [2.75, 3.05) is 49.0 Å². The molecule has 0 saturated heterocycles. The van der Waals surface area contributed by atoms with E-state index in [1.165, 1.54) is 7.11 Å². The first kappa shape index (κ1) is 26.6. The monoisotopic (exact) mass is 512 g/mol. The fourth-order valence-corrected chi connectivity index (χ4v) is 4.96. The van der Waals surface area contributed by atoms with E-state index in [1.54, 1.807) is 36.3 Å². The number of fused-ring (bicyclic) bond motifs is 1. The van der Waals surface area contributed by atoms with Crippen LogP contribution in [0.2, 0.25) is 0 Å². The zero-order chi connectivity index (χ0) is 26.7. The lowest BCUT2D eigenvalue weighted by Gasteiger charge is -2.34. The maximum atomic E-state index is 13.2. The van der Waals surface area contributed by atoms with Gasteiger partial charge < -0.3 is 35.4 Å². The molecule has 11 nitrogen and oxygen atoms in total. The molecule has 1 saturated carbocycles. The average molecular weight is 513 g/mol. The molecule has 0 spiro atoms. The third kappa shape index (κ3) is 5.62. The van der Waals surface area contributed by atoms with Crippen molar-refractivity contribution >= 4 is 35.0 Å². The van der Waals surface area contributed by atoms with Crippen LogP contribution in [0.3, 0.4) is 0 Å². The van der Waals surface area contributed by atoms with Crippen molar-refractivity contribution < 1.29 is 24.5 Å². The number of ether oxygens (including phenoxy) is 1. The molecule has 37 heavy (non-hydrogen) atoms. The predicted octanol–water partition coefficient (Wildman–Crippen LogP) is 2.06. The van der Waals surface area contributed by atoms with Crippen LogP contribution in [0.4, 0.5) is 23.1 Å². The van der Waals surface area contributed by atoms with Gasteiger partial charge in [0.25, 0.3) is 5.91 Å². The summed E-state index contributed by atoms with van der Waals surface area (Å²) in [5.74, 6) is 1.11. The maximum Gasteiger partial charge on any atom is 0.251 e. The Morgan fingerprint density at radius 3 is 2.70 bits per heavy atom. The number of hydrogen-bond acceptors (Lipinski definition) is 9. The van der Waals surface area contributed by atoms with E-state index in [2.05, 4.69) is 20.5 Å². The highest BCUT2D eigenvalue weighted by molar-refractivity contribution is 6.01. The van der Waals surface area contributed by atoms with Crippen LogP contribution in [0.15, 0.2) is 24.4 Å². The fourth-order valence-electron chi connectivity index (χ4n) is 4.96. The molecule has 200 valence electrons. The van der Waals surface area contributed by atoms with Crippen LogP contribution in [-0.2, 0) is 4.79 Å². The first-order valence-electron chi connectivity index (χ1n) is 12.6. The highest BCUT2D eigenvalue weighted by atomic mass is 16.5. The van der Waals surface area contributed by atoms with Crippen molar-refractivity contribution in [3.63, 3.8) is 0 Å². The quantitative estimate of drug-likeness (QED) is 0.418. The van der Waals surface area contributed by atoms with E-state index in [0.29, 0.717) is 41.2 Å². The number of amides is 2. The standard InChI is InChI=1S/C26H36N6O5/c1-26(2)15-32(17-7-5-6-8-17)22-20(31(3)24(26)36)13-28-25(30-22)29-19-10-9-16(11-21(19)37-4)23(35)27-12-18(34)14-33/h9-11,13,17-18,33-34H,5-8,12,14-15H2,1-4H3,(H,27,35)(H,28,29,30)/t18-/m0/s1. The second-order valence-electron chi connectivity index (χ2n) is 10.3. The van der Waals surface area contributed by atoms with Crippen molar-refractivity contribution in [2.45, 2.75) is 51.7 Å². The molecule has 1 aliphatic carbocycles. The summed E-state index contributed by atoms with van der Waals surface area (Å²) in [5, 5.41) is 24.2. The Bertz CT molecular complexity index is 1150. The molecule has 1 fully saturated rings. The predicted molar refractivity (Wildman–Crippen MR) is 141 cm³/mol. The number of hydrogen-bond donors (Lipinski definition) is 4. The van der Waals surface area contributed by atoms with Gasteiger partial charge in [-0.1, -0.05) is 12.8 Å². The zero-order valence-electron chi connectivity index (χ0n) is 21.8. The van der Waals surface area contributed by atoms with E-state index >= 15 is 0 Å². The number of aliphatic hydroxyl groups is 2. The van der Waals surface area contributed by atoms with Crippen LogP contribution in [0.1, 0.15) is 49.9 Å². The van der Waals surface area contributed by atoms with Crippen LogP contribution in [0.25, 0.3) is 0 Å². The molecular weight excluding hydrogens is 476 g/mol. The molecule has 2 aromatic rings. The lowest BCUT2D eigenvalue weighted by molar-refractivity contribution is -0.125. The second-order valence-corrected chi connectivity index (χ2v) is 10.3. The largest absolute Gasteiger partial charge is 0.495 e. The number of methoxy groups -OCH3 is 1. The summed E-state index contributed by atoms with van der Waals surface area (Å²) in [6, 6.07) is 5.21. The maximum absolute atomic E-state index is 13.2. The van der Waals surface area contributed by atoms with Gasteiger partial charge in [0.2, 0.25) is 11.9 Å². The van der Waals surface area contributed by atoms with Crippen LogP contribution in [0, 0.1) is 5.41 Å². The minimum absolute atomic E-state index is 0.0283. The molecule has 1 aliphatic heterocycles. The van der Waals surface area contributed by atoms with Crippen LogP contribution in [0.5, 0.6) is 5.75 Å². The zero-order valence-corrected chi connectivity index (χ0v) is 21.8. The highest BCUT2D eigenvalue weighted by Gasteiger charge is 2.41. The van der Waals surface area contributed by atoms with Crippen molar-refractivity contribution in [1.29, 1.82) is 0 Å². The summed E-state index contributed by atoms with van der Waals surface area (Å²) in [7, 11) is 3.27. The van der Waals surface area contributed by atoms with Crippen molar-refractivity contribution in [3.05, 3.63) is 30.0 Å². The molecule has 2 amide bonds. The van der Waals surface area contributed by atoms with E-state index in [4.69, 9.17) is 14.8 Å². The van der Waals surface area contributed by atoms with Crippen molar-refractivity contribution in [1.82, 2.24) is 15.3 Å². The molecule has 1 aromatic carbocycles. The van der Waals surface area contributed by atoms with E-state index < -0.39 is 24.0 Å². The third-order valence-corrected chi connectivity index (χ3v) is 7.02. The van der Waals surface area contributed by atoms with Crippen molar-refractivity contribution in [2.24, 2.45) is 5.41 Å². The third-order valence-electron chi connectivity index (χ3n) is 7.02.